The van der Waals surface area contributed by atoms with Crippen LogP contribution < -0.4 is 5.32 Å². The van der Waals surface area contributed by atoms with Gasteiger partial charge in [0.05, 0.1) is 17.8 Å². The molecule has 0 saturated heterocycles. The van der Waals surface area contributed by atoms with Crippen LogP contribution in [0.2, 0.25) is 0 Å². The summed E-state index contributed by atoms with van der Waals surface area (Å²) in [4.78, 5) is 17.6. The minimum absolute atomic E-state index is 0.271. The highest BCUT2D eigenvalue weighted by molar-refractivity contribution is 7.86. The summed E-state index contributed by atoms with van der Waals surface area (Å²) in [5.41, 5.74) is 1.31. The van der Waals surface area contributed by atoms with Crippen molar-refractivity contribution >= 4 is 32.6 Å². The number of hydrogen-bond acceptors (Lipinski definition) is 6. The molecule has 1 N–H and O–H groups in total. The molecule has 0 spiro atoms. The Bertz CT molecular complexity index is 914. The van der Waals surface area contributed by atoms with Gasteiger partial charge in [-0.1, -0.05) is 0 Å². The van der Waals surface area contributed by atoms with Crippen molar-refractivity contribution in [3.8, 4) is 0 Å². The molecule has 1 aliphatic heterocycles. The maximum absolute atomic E-state index is 12.4. The molecule has 3 heterocycles. The first kappa shape index (κ1) is 18.1. The van der Waals surface area contributed by atoms with Crippen molar-refractivity contribution in [2.75, 3.05) is 26.0 Å². The van der Waals surface area contributed by atoms with Gasteiger partial charge in [-0.15, -0.1) is 11.3 Å². The third kappa shape index (κ3) is 3.47. The average molecular weight is 384 g/mol. The fourth-order valence-electron chi connectivity index (χ4n) is 2.67. The number of hydrogen-bond donors (Lipinski definition) is 1. The van der Waals surface area contributed by atoms with E-state index < -0.39 is 10.2 Å². The van der Waals surface area contributed by atoms with Gasteiger partial charge >= 0.3 is 0 Å². The van der Waals surface area contributed by atoms with Crippen molar-refractivity contribution < 1.29 is 17.6 Å². The van der Waals surface area contributed by atoms with Crippen molar-refractivity contribution in [2.24, 2.45) is 0 Å². The minimum Gasteiger partial charge on any atom is -0.466 e. The van der Waals surface area contributed by atoms with Crippen LogP contribution in [0.1, 0.15) is 32.4 Å². The lowest BCUT2D eigenvalue weighted by Crippen LogP contribution is -2.42. The van der Waals surface area contributed by atoms with Crippen LogP contribution >= 0.6 is 11.3 Å². The lowest BCUT2D eigenvalue weighted by atomic mass is 10.2. The Morgan fingerprint density at radius 1 is 1.40 bits per heavy atom. The summed E-state index contributed by atoms with van der Waals surface area (Å²) in [6, 6.07) is 1.68. The molecular formula is C15H20N4O4S2. The molecule has 0 aromatic carbocycles. The normalized spacial score (nSPS) is 15.4. The van der Waals surface area contributed by atoms with E-state index in [4.69, 9.17) is 4.42 Å². The smallest absolute Gasteiger partial charge is 0.281 e. The third-order valence-corrected chi connectivity index (χ3v) is 6.87. The topological polar surface area (TPSA) is 95.8 Å². The number of carbonyl (C=O) groups is 1. The maximum atomic E-state index is 12.4. The summed E-state index contributed by atoms with van der Waals surface area (Å²) in [7, 11) is -0.432. The molecule has 136 valence electrons. The Morgan fingerprint density at radius 2 is 2.12 bits per heavy atom. The van der Waals surface area contributed by atoms with Gasteiger partial charge in [-0.2, -0.15) is 17.0 Å². The van der Waals surface area contributed by atoms with E-state index in [9.17, 15) is 13.2 Å². The van der Waals surface area contributed by atoms with Crippen LogP contribution in [0.3, 0.4) is 0 Å². The number of carbonyl (C=O) groups excluding carboxylic acids is 1. The SMILES string of the molecule is Cc1cc(C(=O)Nc2nc3c(s2)CN(S(=O)(=O)N(C)C)CC3)c(C)o1. The molecule has 0 fully saturated rings. The van der Waals surface area contributed by atoms with Gasteiger partial charge in [-0.3, -0.25) is 10.1 Å². The van der Waals surface area contributed by atoms with Crippen LogP contribution in [0.5, 0.6) is 0 Å². The third-order valence-electron chi connectivity index (χ3n) is 3.99. The highest BCUT2D eigenvalue weighted by Crippen LogP contribution is 2.30. The van der Waals surface area contributed by atoms with Crippen LogP contribution in [0, 0.1) is 13.8 Å². The van der Waals surface area contributed by atoms with Crippen LogP contribution in [0.4, 0.5) is 5.13 Å². The molecular weight excluding hydrogens is 364 g/mol. The highest BCUT2D eigenvalue weighted by Gasteiger charge is 2.30. The monoisotopic (exact) mass is 384 g/mol. The summed E-state index contributed by atoms with van der Waals surface area (Å²) in [5, 5.41) is 3.25. The Balaban J connectivity index is 1.77. The number of aromatic nitrogens is 1. The van der Waals surface area contributed by atoms with E-state index >= 15 is 0 Å². The second-order valence-corrected chi connectivity index (χ2v) is 9.27. The van der Waals surface area contributed by atoms with Gasteiger partial charge in [-0.25, -0.2) is 4.98 Å². The molecule has 1 amide bonds. The standard InChI is InChI=1S/C15H20N4O4S2/c1-9-7-11(10(2)23-9)14(20)17-15-16-12-5-6-19(8-13(12)24-15)25(21,22)18(3)4/h7H,5-6,8H2,1-4H3,(H,16,17,20). The number of amides is 1. The first-order valence-corrected chi connectivity index (χ1v) is 9.94. The van der Waals surface area contributed by atoms with E-state index in [2.05, 4.69) is 10.3 Å². The quantitative estimate of drug-likeness (QED) is 0.867. The van der Waals surface area contributed by atoms with Gasteiger partial charge in [0.15, 0.2) is 5.13 Å². The number of fused-ring (bicyclic) bond motifs is 1. The van der Waals surface area contributed by atoms with E-state index in [1.807, 2.05) is 0 Å². The first-order chi connectivity index (χ1) is 11.7. The molecule has 25 heavy (non-hydrogen) atoms. The molecule has 0 bridgehead atoms. The van der Waals surface area contributed by atoms with Gasteiger partial charge in [0, 0.05) is 31.9 Å². The number of thiazole rings is 1. The van der Waals surface area contributed by atoms with Crippen molar-refractivity contribution in [2.45, 2.75) is 26.8 Å². The Labute approximate surface area is 150 Å². The second kappa shape index (κ2) is 6.52. The van der Waals surface area contributed by atoms with Crippen LogP contribution in [-0.4, -0.2) is 48.6 Å². The Kier molecular flexibility index (Phi) is 4.71. The summed E-state index contributed by atoms with van der Waals surface area (Å²) in [6.07, 6.45) is 0.526. The predicted octanol–water partition coefficient (Wildman–Crippen LogP) is 1.77. The van der Waals surface area contributed by atoms with Crippen molar-refractivity contribution in [1.82, 2.24) is 13.6 Å². The van der Waals surface area contributed by atoms with Gasteiger partial charge in [0.2, 0.25) is 0 Å². The molecule has 3 rings (SSSR count). The molecule has 0 unspecified atom stereocenters. The van der Waals surface area contributed by atoms with Crippen molar-refractivity contribution in [3.63, 3.8) is 0 Å². The van der Waals surface area contributed by atoms with Gasteiger partial charge in [0.1, 0.15) is 11.5 Å². The van der Waals surface area contributed by atoms with E-state index in [0.29, 0.717) is 35.2 Å². The van der Waals surface area contributed by atoms with E-state index in [1.165, 1.54) is 34.0 Å². The molecule has 2 aromatic rings. The number of anilines is 1. The van der Waals surface area contributed by atoms with Crippen LogP contribution in [-0.2, 0) is 23.2 Å². The molecule has 8 nitrogen and oxygen atoms in total. The lowest BCUT2D eigenvalue weighted by Gasteiger charge is -2.27. The van der Waals surface area contributed by atoms with E-state index in [0.717, 1.165) is 10.6 Å². The lowest BCUT2D eigenvalue weighted by molar-refractivity contribution is 0.102. The van der Waals surface area contributed by atoms with Crippen molar-refractivity contribution in [3.05, 3.63) is 33.7 Å². The predicted molar refractivity (Wildman–Crippen MR) is 95.0 cm³/mol. The molecule has 10 heteroatoms. The first-order valence-electron chi connectivity index (χ1n) is 7.73. The summed E-state index contributed by atoms with van der Waals surface area (Å²) >= 11 is 1.30. The molecule has 0 saturated carbocycles. The van der Waals surface area contributed by atoms with Crippen LogP contribution in [0.25, 0.3) is 0 Å². The Morgan fingerprint density at radius 3 is 2.72 bits per heavy atom. The fraction of sp³-hybridized carbons (Fsp3) is 0.467. The number of aryl methyl sites for hydroxylation is 2. The van der Waals surface area contributed by atoms with Crippen LogP contribution in [0.15, 0.2) is 10.5 Å². The largest absolute Gasteiger partial charge is 0.466 e. The zero-order valence-electron chi connectivity index (χ0n) is 14.5. The van der Waals surface area contributed by atoms with Crippen molar-refractivity contribution in [1.29, 1.82) is 0 Å². The molecule has 0 radical (unpaired) electrons. The average Bonchev–Trinajstić information content (AvgIpc) is 3.08. The molecule has 2 aromatic heterocycles. The number of nitrogens with one attached hydrogen (secondary N) is 1. The fourth-order valence-corrected chi connectivity index (χ4v) is 4.85. The van der Waals surface area contributed by atoms with Gasteiger partial charge in [-0.05, 0) is 19.9 Å². The molecule has 0 aliphatic carbocycles. The molecule has 0 atom stereocenters. The zero-order valence-corrected chi connectivity index (χ0v) is 16.1. The maximum Gasteiger partial charge on any atom is 0.281 e. The van der Waals surface area contributed by atoms with Gasteiger partial charge < -0.3 is 4.42 Å². The summed E-state index contributed by atoms with van der Waals surface area (Å²) in [5.74, 6) is 0.948. The number of furan rings is 1. The summed E-state index contributed by atoms with van der Waals surface area (Å²) in [6.45, 7) is 4.17. The Hall–Kier alpha value is -1.75. The number of rotatable bonds is 4. The second-order valence-electron chi connectivity index (χ2n) is 6.04. The van der Waals surface area contributed by atoms with E-state index in [1.54, 1.807) is 19.9 Å². The highest BCUT2D eigenvalue weighted by atomic mass is 32.2. The van der Waals surface area contributed by atoms with E-state index in [-0.39, 0.29) is 12.5 Å². The van der Waals surface area contributed by atoms with Gasteiger partial charge in [0.25, 0.3) is 16.1 Å². The molecule has 1 aliphatic rings. The number of nitrogens with zero attached hydrogens (tertiary/aromatic N) is 3. The zero-order chi connectivity index (χ0) is 18.4. The minimum atomic E-state index is -3.46. The summed E-state index contributed by atoms with van der Waals surface area (Å²) < 4.78 is 32.5.